The molecule has 4 rings (SSSR count). The molecule has 3 heterocycles. The van der Waals surface area contributed by atoms with Crippen LogP contribution in [0.2, 0.25) is 0 Å². The number of nitrogens with zero attached hydrogens (tertiary/aromatic N) is 4. The molecule has 8 heteroatoms. The van der Waals surface area contributed by atoms with Gasteiger partial charge in [-0.15, -0.1) is 0 Å². The van der Waals surface area contributed by atoms with Crippen LogP contribution in [0.25, 0.3) is 16.6 Å². The van der Waals surface area contributed by atoms with Crippen molar-refractivity contribution in [2.24, 2.45) is 7.05 Å². The summed E-state index contributed by atoms with van der Waals surface area (Å²) >= 11 is 0. The van der Waals surface area contributed by atoms with Crippen molar-refractivity contribution in [3.8, 4) is 0 Å². The summed E-state index contributed by atoms with van der Waals surface area (Å²) in [6.07, 6.45) is 0.326. The summed E-state index contributed by atoms with van der Waals surface area (Å²) in [6.45, 7) is 1.73. The van der Waals surface area contributed by atoms with Crippen LogP contribution in [-0.2, 0) is 29.6 Å². The molecule has 0 saturated heterocycles. The van der Waals surface area contributed by atoms with Crippen molar-refractivity contribution in [3.63, 3.8) is 0 Å². The Morgan fingerprint density at radius 2 is 1.87 bits per heavy atom. The smallest absolute Gasteiger partial charge is 0.306 e. The van der Waals surface area contributed by atoms with Crippen molar-refractivity contribution in [2.45, 2.75) is 26.4 Å². The van der Waals surface area contributed by atoms with Gasteiger partial charge >= 0.3 is 5.97 Å². The first-order valence-electron chi connectivity index (χ1n) is 9.52. The van der Waals surface area contributed by atoms with Gasteiger partial charge in [-0.3, -0.25) is 23.4 Å². The molecule has 0 amide bonds. The number of carbonyl (C=O) groups excluding carboxylic acids is 1. The Bertz CT molecular complexity index is 1390. The highest BCUT2D eigenvalue weighted by Gasteiger charge is 2.12. The Balaban J connectivity index is 1.44. The average molecular weight is 404 g/mol. The Morgan fingerprint density at radius 1 is 1.07 bits per heavy atom. The quantitative estimate of drug-likeness (QED) is 0.472. The average Bonchev–Trinajstić information content (AvgIpc) is 2.73. The van der Waals surface area contributed by atoms with Crippen LogP contribution in [0.1, 0.15) is 23.6 Å². The second-order valence-electron chi connectivity index (χ2n) is 7.02. The monoisotopic (exact) mass is 404 g/mol. The number of rotatable bonds is 5. The molecule has 8 nitrogen and oxygen atoms in total. The molecule has 0 saturated carbocycles. The maximum absolute atomic E-state index is 12.4. The van der Waals surface area contributed by atoms with E-state index in [-0.39, 0.29) is 30.6 Å². The second kappa shape index (κ2) is 7.90. The fourth-order valence-electron chi connectivity index (χ4n) is 3.37. The van der Waals surface area contributed by atoms with Crippen LogP contribution in [0.4, 0.5) is 0 Å². The lowest BCUT2D eigenvalue weighted by molar-refractivity contribution is -0.145. The predicted octanol–water partition coefficient (Wildman–Crippen LogP) is 1.93. The van der Waals surface area contributed by atoms with Gasteiger partial charge in [0.15, 0.2) is 0 Å². The molecule has 30 heavy (non-hydrogen) atoms. The third-order valence-corrected chi connectivity index (χ3v) is 4.94. The zero-order valence-electron chi connectivity index (χ0n) is 16.7. The van der Waals surface area contributed by atoms with Crippen LogP contribution >= 0.6 is 0 Å². The molecule has 4 aromatic rings. The fourth-order valence-corrected chi connectivity index (χ4v) is 3.37. The van der Waals surface area contributed by atoms with Crippen molar-refractivity contribution in [3.05, 3.63) is 86.5 Å². The van der Waals surface area contributed by atoms with Crippen LogP contribution in [0.3, 0.4) is 0 Å². The molecule has 0 radical (unpaired) electrons. The van der Waals surface area contributed by atoms with Gasteiger partial charge in [-0.1, -0.05) is 18.2 Å². The van der Waals surface area contributed by atoms with Crippen LogP contribution in [0, 0.1) is 6.92 Å². The van der Waals surface area contributed by atoms with E-state index in [4.69, 9.17) is 4.74 Å². The molecule has 3 aromatic heterocycles. The number of carbonyl (C=O) groups is 1. The fraction of sp³-hybridized carbons (Fsp3) is 0.227. The lowest BCUT2D eigenvalue weighted by Gasteiger charge is -2.10. The molecular weight excluding hydrogens is 384 g/mol. The number of pyridine rings is 1. The molecule has 0 spiro atoms. The summed E-state index contributed by atoms with van der Waals surface area (Å²) in [5, 5.41) is 0.537. The maximum Gasteiger partial charge on any atom is 0.306 e. The van der Waals surface area contributed by atoms with E-state index in [0.29, 0.717) is 28.1 Å². The summed E-state index contributed by atoms with van der Waals surface area (Å²) < 4.78 is 8.22. The molecule has 0 fully saturated rings. The van der Waals surface area contributed by atoms with Gasteiger partial charge in [-0.05, 0) is 31.2 Å². The summed E-state index contributed by atoms with van der Waals surface area (Å²) in [7, 11) is 1.64. The first kappa shape index (κ1) is 19.5. The summed E-state index contributed by atoms with van der Waals surface area (Å²) in [5.41, 5.74) is 1.89. The lowest BCUT2D eigenvalue weighted by Crippen LogP contribution is -2.23. The zero-order valence-corrected chi connectivity index (χ0v) is 16.7. The molecular formula is C22H20N4O4. The minimum absolute atomic E-state index is 0.0598. The van der Waals surface area contributed by atoms with Crippen molar-refractivity contribution >= 4 is 22.5 Å². The number of aryl methyl sites for hydroxylation is 2. The number of fused-ring (bicyclic) bond motifs is 2. The standard InChI is InChI=1S/C22H20N4O4/c1-14-6-5-9-19-23-15(12-20(27)26(14)19)13-30-21(28)11-10-18-24-17-8-4-3-7-16(17)22(29)25(18)2/h3-9,12H,10-11,13H2,1-2H3. The van der Waals surface area contributed by atoms with Gasteiger partial charge in [0.2, 0.25) is 0 Å². The van der Waals surface area contributed by atoms with Crippen LogP contribution in [0.5, 0.6) is 0 Å². The Morgan fingerprint density at radius 3 is 2.70 bits per heavy atom. The Hall–Kier alpha value is -3.81. The van der Waals surface area contributed by atoms with Gasteiger partial charge in [0.05, 0.1) is 23.0 Å². The van der Waals surface area contributed by atoms with Gasteiger partial charge in [-0.25, -0.2) is 9.97 Å². The predicted molar refractivity (Wildman–Crippen MR) is 111 cm³/mol. The van der Waals surface area contributed by atoms with E-state index in [1.54, 1.807) is 31.3 Å². The van der Waals surface area contributed by atoms with Crippen molar-refractivity contribution in [2.75, 3.05) is 0 Å². The zero-order chi connectivity index (χ0) is 21.3. The molecule has 0 atom stereocenters. The van der Waals surface area contributed by atoms with Gasteiger partial charge < -0.3 is 4.74 Å². The summed E-state index contributed by atoms with van der Waals surface area (Å²) in [6, 6.07) is 13.8. The van der Waals surface area contributed by atoms with Crippen LogP contribution in [0.15, 0.2) is 58.1 Å². The highest BCUT2D eigenvalue weighted by atomic mass is 16.5. The number of ether oxygens (including phenoxy) is 1. The number of aromatic nitrogens is 4. The highest BCUT2D eigenvalue weighted by molar-refractivity contribution is 5.77. The Labute approximate surface area is 171 Å². The number of hydrogen-bond donors (Lipinski definition) is 0. The van der Waals surface area contributed by atoms with Crippen LogP contribution < -0.4 is 11.1 Å². The largest absolute Gasteiger partial charge is 0.459 e. The van der Waals surface area contributed by atoms with E-state index in [1.165, 1.54) is 15.0 Å². The number of para-hydroxylation sites is 1. The topological polar surface area (TPSA) is 95.6 Å². The molecule has 0 aliphatic heterocycles. The molecule has 0 bridgehead atoms. The SMILES string of the molecule is Cc1cccc2nc(COC(=O)CCc3nc4ccccc4c(=O)n3C)cc(=O)n12. The molecule has 152 valence electrons. The second-order valence-corrected chi connectivity index (χ2v) is 7.02. The number of benzene rings is 1. The van der Waals surface area contributed by atoms with Crippen molar-refractivity contribution in [1.29, 1.82) is 0 Å². The van der Waals surface area contributed by atoms with E-state index in [0.717, 1.165) is 5.69 Å². The molecule has 0 N–H and O–H groups in total. The third-order valence-electron chi connectivity index (χ3n) is 4.94. The minimum Gasteiger partial charge on any atom is -0.459 e. The normalized spacial score (nSPS) is 11.1. The van der Waals surface area contributed by atoms with E-state index in [2.05, 4.69) is 9.97 Å². The third kappa shape index (κ3) is 3.71. The van der Waals surface area contributed by atoms with E-state index in [9.17, 15) is 14.4 Å². The van der Waals surface area contributed by atoms with E-state index >= 15 is 0 Å². The highest BCUT2D eigenvalue weighted by Crippen LogP contribution is 2.09. The summed E-state index contributed by atoms with van der Waals surface area (Å²) in [5.74, 6) is 0.0526. The van der Waals surface area contributed by atoms with E-state index < -0.39 is 5.97 Å². The molecule has 0 aliphatic carbocycles. The molecule has 1 aromatic carbocycles. The van der Waals surface area contributed by atoms with Crippen molar-refractivity contribution < 1.29 is 9.53 Å². The molecule has 0 unspecified atom stereocenters. The van der Waals surface area contributed by atoms with E-state index in [1.807, 2.05) is 25.1 Å². The summed E-state index contributed by atoms with van der Waals surface area (Å²) in [4.78, 5) is 45.8. The van der Waals surface area contributed by atoms with Gasteiger partial charge in [0, 0.05) is 25.2 Å². The Kier molecular flexibility index (Phi) is 5.14. The maximum atomic E-state index is 12.4. The van der Waals surface area contributed by atoms with Crippen LogP contribution in [-0.4, -0.2) is 24.9 Å². The van der Waals surface area contributed by atoms with Crippen molar-refractivity contribution in [1.82, 2.24) is 18.9 Å². The molecule has 0 aliphatic rings. The minimum atomic E-state index is -0.455. The van der Waals surface area contributed by atoms with Gasteiger partial charge in [-0.2, -0.15) is 0 Å². The first-order chi connectivity index (χ1) is 14.4. The lowest BCUT2D eigenvalue weighted by atomic mass is 10.2. The van der Waals surface area contributed by atoms with Gasteiger partial charge in [0.1, 0.15) is 18.1 Å². The first-order valence-corrected chi connectivity index (χ1v) is 9.52. The number of hydrogen-bond acceptors (Lipinski definition) is 6. The van der Waals surface area contributed by atoms with Gasteiger partial charge in [0.25, 0.3) is 11.1 Å². The number of esters is 1.